The summed E-state index contributed by atoms with van der Waals surface area (Å²) in [6.45, 7) is 3.70. The number of carbonyl (C=O) groups excluding carboxylic acids is 1. The maximum atomic E-state index is 12.4. The third-order valence-corrected chi connectivity index (χ3v) is 4.53. The number of nitro groups is 1. The summed E-state index contributed by atoms with van der Waals surface area (Å²) < 4.78 is 1.69. The van der Waals surface area contributed by atoms with Gasteiger partial charge >= 0.3 is 5.97 Å². The molecule has 2 rings (SSSR count). The van der Waals surface area contributed by atoms with Crippen molar-refractivity contribution in [1.82, 2.24) is 9.88 Å². The van der Waals surface area contributed by atoms with Crippen LogP contribution in [0.4, 0.5) is 5.69 Å². The lowest BCUT2D eigenvalue weighted by Crippen LogP contribution is -2.50. The Hall–Kier alpha value is -2.90. The van der Waals surface area contributed by atoms with Gasteiger partial charge in [0.2, 0.25) is 5.91 Å². The summed E-state index contributed by atoms with van der Waals surface area (Å²) in [6, 6.07) is 6.16. The van der Waals surface area contributed by atoms with E-state index in [9.17, 15) is 19.7 Å². The van der Waals surface area contributed by atoms with E-state index >= 15 is 0 Å². The van der Waals surface area contributed by atoms with Crippen molar-refractivity contribution in [3.63, 3.8) is 0 Å². The van der Waals surface area contributed by atoms with E-state index in [1.54, 1.807) is 22.9 Å². The number of nitrogens with zero attached hydrogens (tertiary/aromatic N) is 2. The molecule has 0 aliphatic carbocycles. The normalized spacial score (nSPS) is 11.4. The number of amides is 1. The molecule has 1 heterocycles. The van der Waals surface area contributed by atoms with Gasteiger partial charge in [-0.2, -0.15) is 0 Å². The topological polar surface area (TPSA) is 114 Å². The molecule has 0 spiro atoms. The minimum atomic E-state index is -0.956. The number of aliphatic carboxylic acids is 1. The molecular formula is C17H21N3O5. The van der Waals surface area contributed by atoms with Gasteiger partial charge in [-0.15, -0.1) is 0 Å². The molecule has 1 amide bonds. The first kappa shape index (κ1) is 18.4. The van der Waals surface area contributed by atoms with Crippen LogP contribution >= 0.6 is 0 Å². The number of non-ortho nitro benzene ring substituents is 1. The van der Waals surface area contributed by atoms with Crippen LogP contribution in [0.25, 0.3) is 10.9 Å². The van der Waals surface area contributed by atoms with Gasteiger partial charge in [0.15, 0.2) is 0 Å². The summed E-state index contributed by atoms with van der Waals surface area (Å²) in [5.41, 5.74) is -0.0743. The Morgan fingerprint density at radius 1 is 1.28 bits per heavy atom. The van der Waals surface area contributed by atoms with Crippen LogP contribution in [0.2, 0.25) is 0 Å². The molecule has 1 aromatic heterocycles. The first-order valence-corrected chi connectivity index (χ1v) is 8.06. The predicted molar refractivity (Wildman–Crippen MR) is 92.3 cm³/mol. The number of hydrogen-bond donors (Lipinski definition) is 2. The number of carboxylic acid groups (broad SMARTS) is 1. The van der Waals surface area contributed by atoms with E-state index in [1.165, 1.54) is 12.1 Å². The van der Waals surface area contributed by atoms with E-state index in [0.717, 1.165) is 0 Å². The van der Waals surface area contributed by atoms with Gasteiger partial charge in [-0.1, -0.05) is 13.8 Å². The van der Waals surface area contributed by atoms with Crippen LogP contribution in [0.5, 0.6) is 0 Å². The first-order valence-electron chi connectivity index (χ1n) is 8.06. The molecule has 2 N–H and O–H groups in total. The number of carboxylic acids is 1. The van der Waals surface area contributed by atoms with Gasteiger partial charge in [-0.05, 0) is 25.0 Å². The minimum absolute atomic E-state index is 0.00728. The molecule has 0 aliphatic heterocycles. The quantitative estimate of drug-likeness (QED) is 0.563. The Kier molecular flexibility index (Phi) is 5.41. The number of aromatic nitrogens is 1. The Morgan fingerprint density at radius 2 is 1.96 bits per heavy atom. The minimum Gasteiger partial charge on any atom is -0.481 e. The second-order valence-electron chi connectivity index (χ2n) is 6.05. The van der Waals surface area contributed by atoms with Crippen LogP contribution < -0.4 is 5.32 Å². The number of benzene rings is 1. The fourth-order valence-electron chi connectivity index (χ4n) is 2.94. The number of rotatable bonds is 8. The van der Waals surface area contributed by atoms with E-state index in [1.807, 2.05) is 13.8 Å². The highest BCUT2D eigenvalue weighted by atomic mass is 16.6. The molecule has 0 unspecified atom stereocenters. The van der Waals surface area contributed by atoms with Gasteiger partial charge in [-0.3, -0.25) is 19.7 Å². The zero-order chi connectivity index (χ0) is 18.6. The monoisotopic (exact) mass is 347 g/mol. The van der Waals surface area contributed by atoms with Crippen molar-refractivity contribution >= 4 is 28.5 Å². The number of hydrogen-bond acceptors (Lipinski definition) is 4. The third-order valence-electron chi connectivity index (χ3n) is 4.53. The number of fused-ring (bicyclic) bond motifs is 1. The highest BCUT2D eigenvalue weighted by molar-refractivity contribution is 5.85. The van der Waals surface area contributed by atoms with E-state index in [0.29, 0.717) is 23.7 Å². The van der Waals surface area contributed by atoms with Crippen LogP contribution in [-0.2, 0) is 16.1 Å². The van der Waals surface area contributed by atoms with Gasteiger partial charge in [0.05, 0.1) is 16.9 Å². The Bertz CT molecular complexity index is 808. The molecule has 0 radical (unpaired) electrons. The van der Waals surface area contributed by atoms with Crippen LogP contribution in [0.1, 0.15) is 33.1 Å². The lowest BCUT2D eigenvalue weighted by Gasteiger charge is -2.31. The van der Waals surface area contributed by atoms with Crippen molar-refractivity contribution in [2.75, 3.05) is 0 Å². The molecule has 0 atom stereocenters. The summed E-state index contributed by atoms with van der Waals surface area (Å²) >= 11 is 0. The third kappa shape index (κ3) is 4.14. The molecule has 0 fully saturated rings. The van der Waals surface area contributed by atoms with Crippen molar-refractivity contribution < 1.29 is 19.6 Å². The van der Waals surface area contributed by atoms with Crippen LogP contribution in [-0.4, -0.2) is 32.0 Å². The van der Waals surface area contributed by atoms with Gasteiger partial charge in [0.1, 0.15) is 6.54 Å². The summed E-state index contributed by atoms with van der Waals surface area (Å²) in [5.74, 6) is -1.25. The lowest BCUT2D eigenvalue weighted by atomic mass is 9.89. The van der Waals surface area contributed by atoms with E-state index in [4.69, 9.17) is 5.11 Å². The molecule has 25 heavy (non-hydrogen) atoms. The highest BCUT2D eigenvalue weighted by Crippen LogP contribution is 2.23. The van der Waals surface area contributed by atoms with Gasteiger partial charge < -0.3 is 15.0 Å². The molecule has 8 nitrogen and oxygen atoms in total. The smallest absolute Gasteiger partial charge is 0.305 e. The molecule has 0 aliphatic rings. The largest absolute Gasteiger partial charge is 0.481 e. The number of carbonyl (C=O) groups is 2. The van der Waals surface area contributed by atoms with Gasteiger partial charge in [0, 0.05) is 29.2 Å². The van der Waals surface area contributed by atoms with Crippen molar-refractivity contribution in [1.29, 1.82) is 0 Å². The van der Waals surface area contributed by atoms with Crippen molar-refractivity contribution in [3.8, 4) is 0 Å². The standard InChI is InChI=1S/C17H21N3O5/c1-3-17(4-2,10-16(22)23)18-15(21)11-19-8-7-12-9-13(20(24)25)5-6-14(12)19/h5-9H,3-4,10-11H2,1-2H3,(H,18,21)(H,22,23). The van der Waals surface area contributed by atoms with Crippen molar-refractivity contribution in [3.05, 3.63) is 40.6 Å². The summed E-state index contributed by atoms with van der Waals surface area (Å²) in [4.78, 5) is 33.9. The Labute approximate surface area is 144 Å². The predicted octanol–water partition coefficient (Wildman–Crippen LogP) is 2.70. The highest BCUT2D eigenvalue weighted by Gasteiger charge is 2.31. The Balaban J connectivity index is 2.18. The van der Waals surface area contributed by atoms with E-state index in [-0.39, 0.29) is 24.6 Å². The summed E-state index contributed by atoms with van der Waals surface area (Å²) in [6.07, 6.45) is 2.58. The van der Waals surface area contributed by atoms with Crippen LogP contribution in [0.3, 0.4) is 0 Å². The average molecular weight is 347 g/mol. The van der Waals surface area contributed by atoms with Gasteiger partial charge in [0.25, 0.3) is 5.69 Å². The molecular weight excluding hydrogens is 326 g/mol. The summed E-state index contributed by atoms with van der Waals surface area (Å²) in [5, 5.41) is 23.4. The van der Waals surface area contributed by atoms with Crippen molar-refractivity contribution in [2.24, 2.45) is 0 Å². The summed E-state index contributed by atoms with van der Waals surface area (Å²) in [7, 11) is 0. The maximum absolute atomic E-state index is 12.4. The molecule has 0 bridgehead atoms. The van der Waals surface area contributed by atoms with E-state index < -0.39 is 16.4 Å². The second kappa shape index (κ2) is 7.33. The molecule has 2 aromatic rings. The molecule has 0 saturated carbocycles. The Morgan fingerprint density at radius 3 is 2.52 bits per heavy atom. The van der Waals surface area contributed by atoms with Gasteiger partial charge in [-0.25, -0.2) is 0 Å². The SMILES string of the molecule is CCC(CC)(CC(=O)O)NC(=O)Cn1ccc2cc([N+](=O)[O-])ccc21. The first-order chi connectivity index (χ1) is 11.8. The lowest BCUT2D eigenvalue weighted by molar-refractivity contribution is -0.384. The molecule has 1 aromatic carbocycles. The molecule has 8 heteroatoms. The maximum Gasteiger partial charge on any atom is 0.305 e. The van der Waals surface area contributed by atoms with Crippen LogP contribution in [0.15, 0.2) is 30.5 Å². The zero-order valence-electron chi connectivity index (χ0n) is 14.2. The molecule has 134 valence electrons. The average Bonchev–Trinajstić information content (AvgIpc) is 2.95. The fraction of sp³-hybridized carbons (Fsp3) is 0.412. The number of nitrogens with one attached hydrogen (secondary N) is 1. The molecule has 0 saturated heterocycles. The van der Waals surface area contributed by atoms with Crippen molar-refractivity contribution in [2.45, 2.75) is 45.2 Å². The fourth-order valence-corrected chi connectivity index (χ4v) is 2.94. The van der Waals surface area contributed by atoms with Crippen LogP contribution in [0, 0.1) is 10.1 Å². The van der Waals surface area contributed by atoms with E-state index in [2.05, 4.69) is 5.32 Å². The second-order valence-corrected chi connectivity index (χ2v) is 6.05. The number of nitro benzene ring substituents is 1. The zero-order valence-corrected chi connectivity index (χ0v) is 14.2.